The summed E-state index contributed by atoms with van der Waals surface area (Å²) in [7, 11) is 0. The van der Waals surface area contributed by atoms with Gasteiger partial charge in [0.1, 0.15) is 11.6 Å². The van der Waals surface area contributed by atoms with Crippen LogP contribution in [0.1, 0.15) is 25.7 Å². The van der Waals surface area contributed by atoms with Crippen LogP contribution in [0.5, 0.6) is 0 Å². The molecule has 0 spiro atoms. The zero-order valence-electron chi connectivity index (χ0n) is 8.11. The minimum absolute atomic E-state index is 0.0457. The van der Waals surface area contributed by atoms with Crippen molar-refractivity contribution in [1.29, 1.82) is 0 Å². The predicted molar refractivity (Wildman–Crippen MR) is 51.6 cm³/mol. The van der Waals surface area contributed by atoms with E-state index in [1.165, 1.54) is 0 Å². The van der Waals surface area contributed by atoms with Crippen molar-refractivity contribution in [2.75, 3.05) is 0 Å². The minimum Gasteiger partial charge on any atom is -0.299 e. The zero-order valence-corrected chi connectivity index (χ0v) is 8.11. The van der Waals surface area contributed by atoms with Gasteiger partial charge < -0.3 is 0 Å². The summed E-state index contributed by atoms with van der Waals surface area (Å²) < 4.78 is 0. The van der Waals surface area contributed by atoms with Crippen LogP contribution in [0, 0.1) is 23.7 Å². The van der Waals surface area contributed by atoms with Crippen LogP contribution in [0.4, 0.5) is 0 Å². The van der Waals surface area contributed by atoms with Crippen molar-refractivity contribution in [2.45, 2.75) is 25.7 Å². The van der Waals surface area contributed by atoms with Gasteiger partial charge in [-0.2, -0.15) is 0 Å². The van der Waals surface area contributed by atoms with Crippen LogP contribution in [0.2, 0.25) is 0 Å². The van der Waals surface area contributed by atoms with E-state index in [1.807, 2.05) is 12.2 Å². The third-order valence-electron chi connectivity index (χ3n) is 4.07. The minimum atomic E-state index is -0.0457. The van der Waals surface area contributed by atoms with Crippen LogP contribution >= 0.6 is 0 Å². The van der Waals surface area contributed by atoms with Gasteiger partial charge in [0.25, 0.3) is 0 Å². The van der Waals surface area contributed by atoms with Crippen molar-refractivity contribution in [1.82, 2.24) is 0 Å². The highest BCUT2D eigenvalue weighted by molar-refractivity contribution is 5.99. The Morgan fingerprint density at radius 3 is 2.71 bits per heavy atom. The molecule has 2 saturated carbocycles. The van der Waals surface area contributed by atoms with E-state index >= 15 is 0 Å². The predicted octanol–water partition coefficient (Wildman–Crippen LogP) is 1.75. The highest BCUT2D eigenvalue weighted by Crippen LogP contribution is 2.49. The lowest BCUT2D eigenvalue weighted by Gasteiger charge is -2.22. The van der Waals surface area contributed by atoms with Crippen LogP contribution in [0.25, 0.3) is 0 Å². The average molecular weight is 190 g/mol. The second-order valence-corrected chi connectivity index (χ2v) is 4.74. The van der Waals surface area contributed by atoms with Gasteiger partial charge in [0.05, 0.1) is 0 Å². The summed E-state index contributed by atoms with van der Waals surface area (Å²) >= 11 is 0. The molecule has 0 heterocycles. The maximum absolute atomic E-state index is 11.8. The average Bonchev–Trinajstić information content (AvgIpc) is 2.57. The van der Waals surface area contributed by atoms with Gasteiger partial charge in [0.2, 0.25) is 0 Å². The Balaban J connectivity index is 2.00. The number of hydrogen-bond acceptors (Lipinski definition) is 2. The normalized spacial score (nSPS) is 45.4. The Morgan fingerprint density at radius 1 is 1.07 bits per heavy atom. The van der Waals surface area contributed by atoms with Gasteiger partial charge in [-0.25, -0.2) is 0 Å². The number of Topliss-reactive ketones (excluding diaryl/α,β-unsaturated/α-hetero) is 2. The Bertz CT molecular complexity index is 329. The first-order valence-electron chi connectivity index (χ1n) is 5.54. The first-order chi connectivity index (χ1) is 6.79. The van der Waals surface area contributed by atoms with Gasteiger partial charge in [0.15, 0.2) is 0 Å². The second kappa shape index (κ2) is 2.78. The second-order valence-electron chi connectivity index (χ2n) is 4.74. The maximum Gasteiger partial charge on any atom is 0.147 e. The molecule has 0 N–H and O–H groups in total. The van der Waals surface area contributed by atoms with Gasteiger partial charge in [0, 0.05) is 24.2 Å². The highest BCUT2D eigenvalue weighted by Gasteiger charge is 2.53. The molecule has 0 unspecified atom stereocenters. The van der Waals surface area contributed by atoms with Crippen LogP contribution < -0.4 is 0 Å². The monoisotopic (exact) mass is 190 g/mol. The number of allylic oxidation sites excluding steroid dienone is 2. The lowest BCUT2D eigenvalue weighted by atomic mass is 9.79. The lowest BCUT2D eigenvalue weighted by molar-refractivity contribution is -0.127. The summed E-state index contributed by atoms with van der Waals surface area (Å²) in [6.07, 6.45) is 7.93. The number of rotatable bonds is 0. The SMILES string of the molecule is O=C1CCCC[C@@H]2[C@H]1[C@@H]1C=C[C@@H]2C1=O. The van der Waals surface area contributed by atoms with E-state index in [2.05, 4.69) is 0 Å². The zero-order chi connectivity index (χ0) is 9.71. The summed E-state index contributed by atoms with van der Waals surface area (Å²) in [6, 6.07) is 0. The highest BCUT2D eigenvalue weighted by atomic mass is 16.1. The summed E-state index contributed by atoms with van der Waals surface area (Å²) in [4.78, 5) is 23.6. The summed E-state index contributed by atoms with van der Waals surface area (Å²) in [5.41, 5.74) is 0. The molecule has 0 aromatic rings. The van der Waals surface area contributed by atoms with Gasteiger partial charge in [-0.3, -0.25) is 9.59 Å². The van der Waals surface area contributed by atoms with E-state index < -0.39 is 0 Å². The third-order valence-corrected chi connectivity index (χ3v) is 4.07. The Labute approximate surface area is 83.4 Å². The molecule has 3 aliphatic rings. The number of fused-ring (bicyclic) bond motifs is 5. The fourth-order valence-corrected chi connectivity index (χ4v) is 3.44. The molecule has 74 valence electrons. The fourth-order valence-electron chi connectivity index (χ4n) is 3.44. The van der Waals surface area contributed by atoms with Gasteiger partial charge in [-0.05, 0) is 18.8 Å². The lowest BCUT2D eigenvalue weighted by Crippen LogP contribution is -2.25. The van der Waals surface area contributed by atoms with Crippen LogP contribution in [-0.2, 0) is 9.59 Å². The molecule has 2 heteroatoms. The summed E-state index contributed by atoms with van der Waals surface area (Å²) in [6.45, 7) is 0. The quantitative estimate of drug-likeness (QED) is 0.545. The molecular formula is C12H14O2. The molecule has 4 atom stereocenters. The molecule has 14 heavy (non-hydrogen) atoms. The van der Waals surface area contributed by atoms with E-state index in [4.69, 9.17) is 0 Å². The molecule has 0 aromatic heterocycles. The molecule has 0 amide bonds. The molecule has 3 rings (SSSR count). The topological polar surface area (TPSA) is 34.1 Å². The van der Waals surface area contributed by atoms with Crippen molar-refractivity contribution < 1.29 is 9.59 Å². The maximum atomic E-state index is 11.8. The van der Waals surface area contributed by atoms with E-state index in [-0.39, 0.29) is 17.8 Å². The third kappa shape index (κ3) is 0.915. The van der Waals surface area contributed by atoms with Crippen molar-refractivity contribution in [3.05, 3.63) is 12.2 Å². The van der Waals surface area contributed by atoms with E-state index in [0.29, 0.717) is 23.9 Å². The molecule has 0 saturated heterocycles. The molecule has 2 nitrogen and oxygen atoms in total. The Morgan fingerprint density at radius 2 is 1.86 bits per heavy atom. The summed E-state index contributed by atoms with van der Waals surface area (Å²) in [5, 5.41) is 0. The standard InChI is InChI=1S/C12H14O2/c13-10-4-2-1-3-7-8-5-6-9(11(7)10)12(8)14/h5-9,11H,1-4H2/t7-,8-,9-,11-/m0/s1. The first-order valence-corrected chi connectivity index (χ1v) is 5.54. The van der Waals surface area contributed by atoms with Crippen molar-refractivity contribution in [3.8, 4) is 0 Å². The molecular weight excluding hydrogens is 176 g/mol. The number of carbonyl (C=O) groups excluding carboxylic acids is 2. The molecule has 2 bridgehead atoms. The number of ketones is 2. The first kappa shape index (κ1) is 8.39. The molecule has 3 aliphatic carbocycles. The largest absolute Gasteiger partial charge is 0.299 e. The smallest absolute Gasteiger partial charge is 0.147 e. The van der Waals surface area contributed by atoms with Crippen molar-refractivity contribution in [3.63, 3.8) is 0 Å². The molecule has 0 aromatic carbocycles. The number of carbonyl (C=O) groups is 2. The molecule has 0 aliphatic heterocycles. The van der Waals surface area contributed by atoms with Crippen LogP contribution in [0.15, 0.2) is 12.2 Å². The van der Waals surface area contributed by atoms with Crippen molar-refractivity contribution in [2.24, 2.45) is 23.7 Å². The Hall–Kier alpha value is -0.920. The van der Waals surface area contributed by atoms with Crippen LogP contribution in [0.3, 0.4) is 0 Å². The van der Waals surface area contributed by atoms with Crippen LogP contribution in [-0.4, -0.2) is 11.6 Å². The van der Waals surface area contributed by atoms with Crippen molar-refractivity contribution >= 4 is 11.6 Å². The van der Waals surface area contributed by atoms with E-state index in [0.717, 1.165) is 19.3 Å². The Kier molecular flexibility index (Phi) is 1.67. The van der Waals surface area contributed by atoms with Gasteiger partial charge in [-0.15, -0.1) is 0 Å². The molecule has 2 fully saturated rings. The molecule has 0 radical (unpaired) electrons. The van der Waals surface area contributed by atoms with Gasteiger partial charge >= 0.3 is 0 Å². The summed E-state index contributed by atoms with van der Waals surface area (Å²) in [5.74, 6) is 1.11. The van der Waals surface area contributed by atoms with E-state index in [1.54, 1.807) is 0 Å². The fraction of sp³-hybridized carbons (Fsp3) is 0.667. The van der Waals surface area contributed by atoms with E-state index in [9.17, 15) is 9.59 Å². The number of hydrogen-bond donors (Lipinski definition) is 0. The van der Waals surface area contributed by atoms with Gasteiger partial charge in [-0.1, -0.05) is 18.6 Å².